The van der Waals surface area contributed by atoms with Crippen molar-refractivity contribution in [1.29, 1.82) is 0 Å². The fourth-order valence-corrected chi connectivity index (χ4v) is 4.12. The lowest BCUT2D eigenvalue weighted by Crippen LogP contribution is -2.16. The van der Waals surface area contributed by atoms with E-state index in [1.165, 1.54) is 17.0 Å². The summed E-state index contributed by atoms with van der Waals surface area (Å²) in [7, 11) is -0.493. The van der Waals surface area contributed by atoms with E-state index in [4.69, 9.17) is 9.47 Å². The highest BCUT2D eigenvalue weighted by molar-refractivity contribution is 8.13. The first-order chi connectivity index (χ1) is 12.8. The number of carbonyl (C=O) groups excluding carboxylic acids is 1. The Balaban J connectivity index is 1.80. The highest BCUT2D eigenvalue weighted by Gasteiger charge is 2.19. The van der Waals surface area contributed by atoms with E-state index in [0.29, 0.717) is 35.3 Å². The topological polar surface area (TPSA) is 84.9 Å². The minimum Gasteiger partial charge on any atom is -0.490 e. The summed E-state index contributed by atoms with van der Waals surface area (Å²) in [6.45, 7) is 1.01. The average molecular weight is 409 g/mol. The Morgan fingerprint density at radius 1 is 1.07 bits per heavy atom. The first-order valence-corrected chi connectivity index (χ1v) is 10.6. The summed E-state index contributed by atoms with van der Waals surface area (Å²) < 4.78 is 39.1. The van der Waals surface area contributed by atoms with Crippen molar-refractivity contribution in [3.63, 3.8) is 0 Å². The van der Waals surface area contributed by atoms with Gasteiger partial charge in [-0.25, -0.2) is 8.42 Å². The summed E-state index contributed by atoms with van der Waals surface area (Å²) in [6, 6.07) is 11.2. The van der Waals surface area contributed by atoms with Crippen molar-refractivity contribution >= 4 is 32.7 Å². The second-order valence-electron chi connectivity index (χ2n) is 6.05. The molecule has 0 radical (unpaired) electrons. The van der Waals surface area contributed by atoms with Crippen LogP contribution in [0.4, 0.5) is 10.5 Å². The molecule has 0 saturated carbocycles. The van der Waals surface area contributed by atoms with Crippen molar-refractivity contribution in [3.05, 3.63) is 42.5 Å². The van der Waals surface area contributed by atoms with Gasteiger partial charge in [0.1, 0.15) is 0 Å². The predicted octanol–water partition coefficient (Wildman–Crippen LogP) is 3.42. The number of hydrogen-bond acceptors (Lipinski definition) is 6. The Bertz CT molecular complexity index is 945. The molecular formula is C18H20N2O5S2. The van der Waals surface area contributed by atoms with Crippen LogP contribution in [0.2, 0.25) is 0 Å². The average Bonchev–Trinajstić information content (AvgIpc) is 2.86. The molecule has 0 saturated heterocycles. The number of ether oxygens (including phenoxy) is 2. The molecule has 0 bridgehead atoms. The third-order valence-electron chi connectivity index (χ3n) is 3.69. The van der Waals surface area contributed by atoms with Crippen LogP contribution in [0.3, 0.4) is 0 Å². The molecule has 1 heterocycles. The zero-order valence-electron chi connectivity index (χ0n) is 15.0. The third-order valence-corrected chi connectivity index (χ3v) is 6.09. The summed E-state index contributed by atoms with van der Waals surface area (Å²) in [4.78, 5) is 14.0. The van der Waals surface area contributed by atoms with Gasteiger partial charge in [-0.1, -0.05) is 6.07 Å². The molecule has 0 fully saturated rings. The molecular weight excluding hydrogens is 388 g/mol. The Labute approximate surface area is 162 Å². The molecule has 2 aromatic rings. The van der Waals surface area contributed by atoms with Crippen LogP contribution in [-0.4, -0.2) is 45.9 Å². The number of hydrogen-bond donors (Lipinski definition) is 1. The lowest BCUT2D eigenvalue weighted by Gasteiger charge is -2.13. The van der Waals surface area contributed by atoms with Crippen molar-refractivity contribution in [2.45, 2.75) is 16.2 Å². The van der Waals surface area contributed by atoms with Gasteiger partial charge in [0.05, 0.1) is 18.1 Å². The number of amides is 1. The lowest BCUT2D eigenvalue weighted by molar-refractivity contribution is 0.241. The number of nitrogens with zero attached hydrogens (tertiary/aromatic N) is 1. The number of fused-ring (bicyclic) bond motifs is 1. The van der Waals surface area contributed by atoms with E-state index in [0.717, 1.165) is 18.2 Å². The Morgan fingerprint density at radius 2 is 1.81 bits per heavy atom. The van der Waals surface area contributed by atoms with Gasteiger partial charge in [-0.05, 0) is 42.1 Å². The maximum Gasteiger partial charge on any atom is 0.285 e. The first kappa shape index (κ1) is 19.4. The van der Waals surface area contributed by atoms with E-state index in [2.05, 4.69) is 4.72 Å². The van der Waals surface area contributed by atoms with Crippen LogP contribution in [0, 0.1) is 0 Å². The molecule has 144 valence electrons. The van der Waals surface area contributed by atoms with Crippen molar-refractivity contribution in [2.75, 3.05) is 32.0 Å². The van der Waals surface area contributed by atoms with Crippen molar-refractivity contribution in [2.24, 2.45) is 0 Å². The van der Waals surface area contributed by atoms with Crippen LogP contribution in [0.1, 0.15) is 6.42 Å². The van der Waals surface area contributed by atoms with E-state index in [-0.39, 0.29) is 10.1 Å². The molecule has 1 aliphatic rings. The quantitative estimate of drug-likeness (QED) is 0.781. The molecule has 1 aliphatic heterocycles. The molecule has 0 aromatic heterocycles. The number of benzene rings is 2. The second-order valence-corrected chi connectivity index (χ2v) is 8.76. The zero-order valence-corrected chi connectivity index (χ0v) is 16.6. The maximum atomic E-state index is 12.7. The van der Waals surface area contributed by atoms with Crippen LogP contribution in [0.15, 0.2) is 52.3 Å². The van der Waals surface area contributed by atoms with E-state index < -0.39 is 10.0 Å². The second kappa shape index (κ2) is 8.10. The molecule has 0 atom stereocenters. The van der Waals surface area contributed by atoms with Gasteiger partial charge >= 0.3 is 0 Å². The van der Waals surface area contributed by atoms with Gasteiger partial charge in [0.2, 0.25) is 0 Å². The molecule has 3 rings (SSSR count). The number of sulfonamides is 1. The number of anilines is 1. The first-order valence-electron chi connectivity index (χ1n) is 8.27. The van der Waals surface area contributed by atoms with Gasteiger partial charge < -0.3 is 14.4 Å². The summed E-state index contributed by atoms with van der Waals surface area (Å²) >= 11 is 1.02. The predicted molar refractivity (Wildman–Crippen MR) is 104 cm³/mol. The van der Waals surface area contributed by atoms with Gasteiger partial charge in [-0.2, -0.15) is 0 Å². The van der Waals surface area contributed by atoms with Crippen LogP contribution in [-0.2, 0) is 10.0 Å². The van der Waals surface area contributed by atoms with Crippen LogP contribution in [0.25, 0.3) is 0 Å². The molecule has 7 nitrogen and oxygen atoms in total. The Hall–Kier alpha value is -2.39. The number of rotatable bonds is 4. The minimum absolute atomic E-state index is 0.0779. The van der Waals surface area contributed by atoms with Gasteiger partial charge in [0.25, 0.3) is 15.3 Å². The lowest BCUT2D eigenvalue weighted by atomic mass is 10.3. The summed E-state index contributed by atoms with van der Waals surface area (Å²) in [6.07, 6.45) is 0.741. The third kappa shape index (κ3) is 4.86. The number of thioether (sulfide) groups is 1. The van der Waals surface area contributed by atoms with Crippen LogP contribution < -0.4 is 14.2 Å². The zero-order chi connectivity index (χ0) is 19.4. The van der Waals surface area contributed by atoms with E-state index >= 15 is 0 Å². The molecule has 1 N–H and O–H groups in total. The maximum absolute atomic E-state index is 12.7. The fourth-order valence-electron chi connectivity index (χ4n) is 2.34. The van der Waals surface area contributed by atoms with Crippen molar-refractivity contribution in [3.8, 4) is 11.5 Å². The van der Waals surface area contributed by atoms with E-state index in [9.17, 15) is 13.2 Å². The monoisotopic (exact) mass is 408 g/mol. The molecule has 27 heavy (non-hydrogen) atoms. The molecule has 0 spiro atoms. The number of nitrogens with one attached hydrogen (secondary N) is 1. The summed E-state index contributed by atoms with van der Waals surface area (Å²) in [5.41, 5.74) is 0.374. The molecule has 2 aromatic carbocycles. The fraction of sp³-hybridized carbons (Fsp3) is 0.278. The van der Waals surface area contributed by atoms with Crippen LogP contribution >= 0.6 is 11.8 Å². The van der Waals surface area contributed by atoms with Gasteiger partial charge in [0, 0.05) is 37.2 Å². The highest BCUT2D eigenvalue weighted by Crippen LogP contribution is 2.33. The summed E-state index contributed by atoms with van der Waals surface area (Å²) in [5.74, 6) is 0.948. The smallest absolute Gasteiger partial charge is 0.285 e. The molecule has 9 heteroatoms. The SMILES string of the molecule is CN(C)C(=O)Sc1cccc(NS(=O)(=O)c2ccc3c(c2)OCCCO3)c1. The van der Waals surface area contributed by atoms with Gasteiger partial charge in [-0.3, -0.25) is 9.52 Å². The highest BCUT2D eigenvalue weighted by atomic mass is 32.2. The summed E-state index contributed by atoms with van der Waals surface area (Å²) in [5, 5.41) is -0.141. The van der Waals surface area contributed by atoms with Crippen molar-refractivity contribution in [1.82, 2.24) is 4.90 Å². The largest absolute Gasteiger partial charge is 0.490 e. The van der Waals surface area contributed by atoms with E-state index in [1.54, 1.807) is 44.4 Å². The molecule has 0 unspecified atom stereocenters. The standard InChI is InChI=1S/C18H20N2O5S2/c1-20(2)18(21)26-14-6-3-5-13(11-14)19-27(22,23)15-7-8-16-17(12-15)25-10-4-9-24-16/h3,5-8,11-12,19H,4,9-10H2,1-2H3. The Morgan fingerprint density at radius 3 is 2.56 bits per heavy atom. The van der Waals surface area contributed by atoms with Crippen LogP contribution in [0.5, 0.6) is 11.5 Å². The Kier molecular flexibility index (Phi) is 5.81. The van der Waals surface area contributed by atoms with E-state index in [1.807, 2.05) is 0 Å². The van der Waals surface area contributed by atoms with Gasteiger partial charge in [-0.15, -0.1) is 0 Å². The molecule has 1 amide bonds. The molecule has 0 aliphatic carbocycles. The van der Waals surface area contributed by atoms with Gasteiger partial charge in [0.15, 0.2) is 11.5 Å². The minimum atomic E-state index is -3.81. The van der Waals surface area contributed by atoms with Crippen molar-refractivity contribution < 1.29 is 22.7 Å². The normalized spacial score (nSPS) is 13.6. The number of carbonyl (C=O) groups is 1.